The van der Waals surface area contributed by atoms with Crippen LogP contribution in [0.4, 0.5) is 11.4 Å². The number of anilines is 2. The Balaban J connectivity index is 1.25. The Morgan fingerprint density at radius 2 is 0.933 bits per heavy atom. The summed E-state index contributed by atoms with van der Waals surface area (Å²) in [7, 11) is 3.55. The molecule has 0 aliphatic carbocycles. The fraction of sp³-hybridized carbons (Fsp3) is 0.400. The molecule has 45 heavy (non-hydrogen) atoms. The molecule has 4 rings (SSSR count). The number of hydrogen-bond acceptors (Lipinski definition) is 5. The third-order valence-electron chi connectivity index (χ3n) is 8.85. The maximum absolute atomic E-state index is 5.91. The molecule has 4 aromatic rings. The minimum Gasteiger partial charge on any atom is -0.496 e. The average Bonchev–Trinajstić information content (AvgIpc) is 3.07. The number of benzene rings is 4. The zero-order valence-corrected chi connectivity index (χ0v) is 28.1. The van der Waals surface area contributed by atoms with Crippen molar-refractivity contribution in [2.45, 2.75) is 64.2 Å². The lowest BCUT2D eigenvalue weighted by atomic mass is 9.89. The van der Waals surface area contributed by atoms with Crippen LogP contribution in [0.1, 0.15) is 60.8 Å². The molecule has 2 atom stereocenters. The van der Waals surface area contributed by atoms with Crippen molar-refractivity contribution in [3.05, 3.63) is 119 Å². The van der Waals surface area contributed by atoms with Crippen LogP contribution in [0.2, 0.25) is 0 Å². The monoisotopic (exact) mass is 624 g/mol. The van der Waals surface area contributed by atoms with E-state index >= 15 is 0 Å². The van der Waals surface area contributed by atoms with Gasteiger partial charge in [-0.2, -0.15) is 11.8 Å². The largest absolute Gasteiger partial charge is 0.496 e. The fourth-order valence-corrected chi connectivity index (χ4v) is 7.17. The summed E-state index contributed by atoms with van der Waals surface area (Å²) in [5.41, 5.74) is 18.8. The first-order valence-corrected chi connectivity index (χ1v) is 17.7. The molecule has 0 fully saturated rings. The number of methoxy groups -OCH3 is 2. The molecule has 5 heteroatoms. The first-order valence-electron chi connectivity index (χ1n) is 16.5. The third-order valence-corrected chi connectivity index (χ3v) is 10.0. The second-order valence-electron chi connectivity index (χ2n) is 12.2. The van der Waals surface area contributed by atoms with Crippen LogP contribution in [0.5, 0.6) is 11.5 Å². The Kier molecular flexibility index (Phi) is 14.5. The SMILES string of the molecule is COc1ccccc1CC(CCCSCCCC(CCc1ccc(N)cc1)Cc1ccccc1OC)CCc1ccc(N)cc1. The van der Waals surface area contributed by atoms with Crippen molar-refractivity contribution in [3.8, 4) is 11.5 Å². The second-order valence-corrected chi connectivity index (χ2v) is 13.4. The van der Waals surface area contributed by atoms with Crippen LogP contribution in [0.3, 0.4) is 0 Å². The van der Waals surface area contributed by atoms with E-state index in [2.05, 4.69) is 84.6 Å². The molecule has 4 N–H and O–H groups in total. The van der Waals surface area contributed by atoms with Gasteiger partial charge in [0.25, 0.3) is 0 Å². The lowest BCUT2D eigenvalue weighted by molar-refractivity contribution is 0.394. The summed E-state index contributed by atoms with van der Waals surface area (Å²) in [4.78, 5) is 0. The van der Waals surface area contributed by atoms with Gasteiger partial charge >= 0.3 is 0 Å². The maximum Gasteiger partial charge on any atom is 0.122 e. The van der Waals surface area contributed by atoms with Gasteiger partial charge in [0.1, 0.15) is 11.5 Å². The molecule has 0 saturated heterocycles. The molecule has 0 aliphatic heterocycles. The highest BCUT2D eigenvalue weighted by atomic mass is 32.2. The van der Waals surface area contributed by atoms with Crippen molar-refractivity contribution >= 4 is 23.1 Å². The number of aryl methyl sites for hydroxylation is 2. The van der Waals surface area contributed by atoms with Gasteiger partial charge in [0.15, 0.2) is 0 Å². The summed E-state index contributed by atoms with van der Waals surface area (Å²) < 4.78 is 11.4. The molecular weight excluding hydrogens is 573 g/mol. The lowest BCUT2D eigenvalue weighted by Crippen LogP contribution is -2.09. The predicted octanol–water partition coefficient (Wildman–Crippen LogP) is 9.45. The first kappa shape index (κ1) is 34.3. The first-order chi connectivity index (χ1) is 22.0. The standard InChI is InChI=1S/C40H52N2O2S/c1-43-39-13-5-3-11-35(39)29-33(17-15-31-19-23-37(41)24-20-31)9-7-27-45-28-8-10-34(18-16-32-21-25-38(42)26-22-32)30-36-12-4-6-14-40(36)44-2/h3-6,11-14,19-26,33-34H,7-10,15-18,27-30,41-42H2,1-2H3. The minimum absolute atomic E-state index is 0.623. The van der Waals surface area contributed by atoms with Gasteiger partial charge in [-0.1, -0.05) is 60.7 Å². The minimum atomic E-state index is 0.623. The highest BCUT2D eigenvalue weighted by molar-refractivity contribution is 7.99. The van der Waals surface area contributed by atoms with Gasteiger partial charge in [0.05, 0.1) is 14.2 Å². The van der Waals surface area contributed by atoms with Gasteiger partial charge in [-0.25, -0.2) is 0 Å². The van der Waals surface area contributed by atoms with Gasteiger partial charge in [0, 0.05) is 11.4 Å². The van der Waals surface area contributed by atoms with E-state index in [0.717, 1.165) is 48.6 Å². The number of nitrogen functional groups attached to an aromatic ring is 2. The average molecular weight is 625 g/mol. The Morgan fingerprint density at radius 1 is 0.533 bits per heavy atom. The lowest BCUT2D eigenvalue weighted by Gasteiger charge is -2.19. The van der Waals surface area contributed by atoms with E-state index in [0.29, 0.717) is 11.8 Å². The van der Waals surface area contributed by atoms with Crippen LogP contribution in [-0.2, 0) is 25.7 Å². The van der Waals surface area contributed by atoms with E-state index in [1.807, 2.05) is 24.3 Å². The van der Waals surface area contributed by atoms with E-state index in [-0.39, 0.29) is 0 Å². The van der Waals surface area contributed by atoms with Gasteiger partial charge in [-0.05, 0) is 146 Å². The van der Waals surface area contributed by atoms with E-state index in [1.165, 1.54) is 72.3 Å². The molecule has 0 amide bonds. The van der Waals surface area contributed by atoms with Crippen molar-refractivity contribution in [2.24, 2.45) is 11.8 Å². The summed E-state index contributed by atoms with van der Waals surface area (Å²) in [5.74, 6) is 5.68. The topological polar surface area (TPSA) is 70.5 Å². The number of nitrogens with two attached hydrogens (primary N) is 2. The van der Waals surface area contributed by atoms with Crippen LogP contribution < -0.4 is 20.9 Å². The van der Waals surface area contributed by atoms with Crippen molar-refractivity contribution < 1.29 is 9.47 Å². The third kappa shape index (κ3) is 12.0. The van der Waals surface area contributed by atoms with Gasteiger partial charge in [0.2, 0.25) is 0 Å². The molecule has 0 spiro atoms. The zero-order chi connectivity index (χ0) is 31.7. The molecule has 4 nitrogen and oxygen atoms in total. The highest BCUT2D eigenvalue weighted by Crippen LogP contribution is 2.29. The summed E-state index contributed by atoms with van der Waals surface area (Å²) in [6, 6.07) is 33.7. The number of thioether (sulfide) groups is 1. The molecule has 0 aromatic heterocycles. The smallest absolute Gasteiger partial charge is 0.122 e. The van der Waals surface area contributed by atoms with E-state index in [4.69, 9.17) is 20.9 Å². The molecule has 0 aliphatic rings. The number of para-hydroxylation sites is 2. The van der Waals surface area contributed by atoms with Crippen molar-refractivity contribution in [1.29, 1.82) is 0 Å². The molecule has 2 unspecified atom stereocenters. The Morgan fingerprint density at radius 3 is 1.33 bits per heavy atom. The summed E-state index contributed by atoms with van der Waals surface area (Å²) in [5, 5.41) is 0. The van der Waals surface area contributed by atoms with Crippen LogP contribution in [0.25, 0.3) is 0 Å². The van der Waals surface area contributed by atoms with Crippen LogP contribution >= 0.6 is 11.8 Å². The zero-order valence-electron chi connectivity index (χ0n) is 27.3. The molecule has 240 valence electrons. The molecule has 0 heterocycles. The van der Waals surface area contributed by atoms with Crippen molar-refractivity contribution in [2.75, 3.05) is 37.2 Å². The number of hydrogen-bond donors (Lipinski definition) is 2. The Bertz CT molecular complexity index is 1280. The van der Waals surface area contributed by atoms with E-state index in [1.54, 1.807) is 14.2 Å². The molecular formula is C40H52N2O2S. The van der Waals surface area contributed by atoms with Gasteiger partial charge in [-0.15, -0.1) is 0 Å². The number of ether oxygens (including phenoxy) is 2. The molecule has 4 aromatic carbocycles. The van der Waals surface area contributed by atoms with Crippen molar-refractivity contribution in [1.82, 2.24) is 0 Å². The van der Waals surface area contributed by atoms with Crippen LogP contribution in [-0.4, -0.2) is 25.7 Å². The van der Waals surface area contributed by atoms with Crippen molar-refractivity contribution in [3.63, 3.8) is 0 Å². The fourth-order valence-electron chi connectivity index (χ4n) is 6.22. The molecule has 0 radical (unpaired) electrons. The summed E-state index contributed by atoms with van der Waals surface area (Å²) in [6.45, 7) is 0. The van der Waals surface area contributed by atoms with Crippen LogP contribution in [0, 0.1) is 11.8 Å². The van der Waals surface area contributed by atoms with E-state index < -0.39 is 0 Å². The van der Waals surface area contributed by atoms with Gasteiger partial charge < -0.3 is 20.9 Å². The quantitative estimate of drug-likeness (QED) is 0.0757. The summed E-state index contributed by atoms with van der Waals surface area (Å²) >= 11 is 2.12. The Labute approximate surface area is 275 Å². The number of rotatable bonds is 20. The second kappa shape index (κ2) is 19.1. The predicted molar refractivity (Wildman–Crippen MR) is 195 cm³/mol. The van der Waals surface area contributed by atoms with E-state index in [9.17, 15) is 0 Å². The molecule has 0 bridgehead atoms. The highest BCUT2D eigenvalue weighted by Gasteiger charge is 2.15. The molecule has 0 saturated carbocycles. The Hall–Kier alpha value is -3.57. The van der Waals surface area contributed by atoms with Crippen LogP contribution in [0.15, 0.2) is 97.1 Å². The maximum atomic E-state index is 5.91. The van der Waals surface area contributed by atoms with Gasteiger partial charge in [-0.3, -0.25) is 0 Å². The normalized spacial score (nSPS) is 12.5. The summed E-state index contributed by atoms with van der Waals surface area (Å²) in [6.07, 6.45) is 11.6.